The summed E-state index contributed by atoms with van der Waals surface area (Å²) in [7, 11) is 0. The lowest BCUT2D eigenvalue weighted by Crippen LogP contribution is -2.07. The molecule has 0 radical (unpaired) electrons. The molecule has 154 valence electrons. The third-order valence-electron chi connectivity index (χ3n) is 4.88. The van der Waals surface area contributed by atoms with E-state index in [-0.39, 0.29) is 4.83 Å². The van der Waals surface area contributed by atoms with Gasteiger partial charge < -0.3 is 0 Å². The summed E-state index contributed by atoms with van der Waals surface area (Å²) in [6, 6.07) is 1.04. The molecule has 0 saturated carbocycles. The van der Waals surface area contributed by atoms with E-state index in [4.69, 9.17) is 11.6 Å². The smallest absolute Gasteiger partial charge is 0.260 e. The van der Waals surface area contributed by atoms with Crippen LogP contribution in [0.5, 0.6) is 0 Å². The van der Waals surface area contributed by atoms with Crippen molar-refractivity contribution in [3.63, 3.8) is 0 Å². The molecule has 5 rings (SSSR count). The lowest BCUT2D eigenvalue weighted by atomic mass is 10.1. The summed E-state index contributed by atoms with van der Waals surface area (Å²) in [6.07, 6.45) is -3.01. The number of pyridine rings is 1. The van der Waals surface area contributed by atoms with Crippen LogP contribution < -0.4 is 0 Å². The van der Waals surface area contributed by atoms with Gasteiger partial charge in [-0.1, -0.05) is 11.6 Å². The first-order chi connectivity index (χ1) is 14.1. The fourth-order valence-electron chi connectivity index (χ4n) is 3.43. The molecule has 0 fully saturated rings. The number of hydrogen-bond donors (Lipinski definition) is 0. The van der Waals surface area contributed by atoms with Gasteiger partial charge in [0.15, 0.2) is 11.5 Å². The number of halogens is 4. The van der Waals surface area contributed by atoms with Crippen LogP contribution in [0.25, 0.3) is 26.1 Å². The average molecular weight is 452 g/mol. The number of nitrogens with zero attached hydrogens (tertiary/aromatic N) is 7. The molecule has 0 saturated heterocycles. The van der Waals surface area contributed by atoms with E-state index < -0.39 is 11.9 Å². The third-order valence-corrected chi connectivity index (χ3v) is 6.50. The first-order valence-corrected chi connectivity index (χ1v) is 10.0. The highest BCUT2D eigenvalue weighted by Gasteiger charge is 2.33. The van der Waals surface area contributed by atoms with E-state index in [0.29, 0.717) is 49.9 Å². The summed E-state index contributed by atoms with van der Waals surface area (Å²) >= 11 is 7.33. The van der Waals surface area contributed by atoms with E-state index in [9.17, 15) is 13.2 Å². The van der Waals surface area contributed by atoms with Gasteiger partial charge in [-0.2, -0.15) is 18.3 Å². The number of aromatic nitrogens is 7. The minimum Gasteiger partial charge on any atom is -0.260 e. The fraction of sp³-hybridized carbons (Fsp3) is 0.278. The maximum absolute atomic E-state index is 13.2. The van der Waals surface area contributed by atoms with E-state index in [1.165, 1.54) is 10.8 Å². The zero-order valence-electron chi connectivity index (χ0n) is 15.9. The largest absolute Gasteiger partial charge is 0.433 e. The Labute approximate surface area is 176 Å². The molecule has 0 unspecified atom stereocenters. The number of rotatable bonds is 2. The summed E-state index contributed by atoms with van der Waals surface area (Å²) < 4.78 is 43.3. The minimum absolute atomic E-state index is 0.271. The maximum Gasteiger partial charge on any atom is 0.433 e. The molecule has 0 bridgehead atoms. The monoisotopic (exact) mass is 451 g/mol. The topological polar surface area (TPSA) is 73.8 Å². The highest BCUT2D eigenvalue weighted by molar-refractivity contribution is 7.26. The Morgan fingerprint density at radius 2 is 1.90 bits per heavy atom. The second kappa shape index (κ2) is 6.35. The van der Waals surface area contributed by atoms with Gasteiger partial charge >= 0.3 is 6.18 Å². The van der Waals surface area contributed by atoms with E-state index in [1.807, 2.05) is 13.8 Å². The number of hydrogen-bond acceptors (Lipinski definition) is 6. The van der Waals surface area contributed by atoms with E-state index in [1.54, 1.807) is 11.6 Å². The Bertz CT molecular complexity index is 1460. The van der Waals surface area contributed by atoms with Crippen molar-refractivity contribution in [2.45, 2.75) is 33.5 Å². The Kier molecular flexibility index (Phi) is 4.06. The summed E-state index contributed by atoms with van der Waals surface area (Å²) in [5, 5.41) is 10.0. The maximum atomic E-state index is 13.2. The zero-order chi connectivity index (χ0) is 21.4. The van der Waals surface area contributed by atoms with Gasteiger partial charge in [0.25, 0.3) is 0 Å². The fourth-order valence-corrected chi connectivity index (χ4v) is 4.74. The molecule has 0 atom stereocenters. The molecule has 0 spiro atoms. The van der Waals surface area contributed by atoms with E-state index >= 15 is 0 Å². The highest BCUT2D eigenvalue weighted by atomic mass is 35.5. The van der Waals surface area contributed by atoms with Crippen LogP contribution in [0.1, 0.15) is 28.5 Å². The predicted octanol–water partition coefficient (Wildman–Crippen LogP) is 4.73. The van der Waals surface area contributed by atoms with Crippen molar-refractivity contribution in [1.82, 2.24) is 34.3 Å². The summed E-state index contributed by atoms with van der Waals surface area (Å²) in [5.41, 5.74) is 2.14. The molecular formula is C18H13ClF3N7S. The quantitative estimate of drug-likeness (QED) is 0.388. The van der Waals surface area contributed by atoms with Crippen LogP contribution in [-0.2, 0) is 12.7 Å². The first kappa shape index (κ1) is 19.2. The lowest BCUT2D eigenvalue weighted by molar-refractivity contribution is -0.141. The van der Waals surface area contributed by atoms with Crippen molar-refractivity contribution >= 4 is 49.0 Å². The molecule has 0 aliphatic heterocycles. The standard InChI is InChI=1S/C18H13ClF3N7S/c1-7-4-10(18(20,21)22)24-17-12(7)14-15(30-17)16-25-11(27-29(16)6-23-14)5-28-9(3)13(19)8(2)26-28/h4,6H,5H2,1-3H3. The van der Waals surface area contributed by atoms with Crippen LogP contribution in [0.3, 0.4) is 0 Å². The lowest BCUT2D eigenvalue weighted by Gasteiger charge is -2.06. The summed E-state index contributed by atoms with van der Waals surface area (Å²) in [6.45, 7) is 5.61. The molecule has 30 heavy (non-hydrogen) atoms. The van der Waals surface area contributed by atoms with Crippen molar-refractivity contribution < 1.29 is 13.2 Å². The van der Waals surface area contributed by atoms with Crippen LogP contribution >= 0.6 is 22.9 Å². The minimum atomic E-state index is -4.51. The van der Waals surface area contributed by atoms with Gasteiger partial charge in [-0.25, -0.2) is 19.5 Å². The molecule has 0 aromatic carbocycles. The Balaban J connectivity index is 1.68. The van der Waals surface area contributed by atoms with Crippen LogP contribution in [0.2, 0.25) is 5.02 Å². The van der Waals surface area contributed by atoms with Crippen molar-refractivity contribution in [3.8, 4) is 0 Å². The molecule has 0 aliphatic rings. The molecular weight excluding hydrogens is 439 g/mol. The van der Waals surface area contributed by atoms with Crippen LogP contribution in [-0.4, -0.2) is 34.3 Å². The van der Waals surface area contributed by atoms with Gasteiger partial charge in [0.1, 0.15) is 28.1 Å². The number of alkyl halides is 3. The average Bonchev–Trinajstić information content (AvgIpc) is 3.31. The van der Waals surface area contributed by atoms with E-state index in [0.717, 1.165) is 23.1 Å². The number of thiophene rings is 1. The second-order valence-corrected chi connectivity index (χ2v) is 8.34. The molecule has 5 aromatic rings. The SMILES string of the molecule is Cc1nn(Cc2nc3c4sc5nc(C(F)(F)F)cc(C)c5c4ncn3n2)c(C)c1Cl. The second-order valence-electron chi connectivity index (χ2n) is 6.97. The first-order valence-electron chi connectivity index (χ1n) is 8.84. The number of aryl methyl sites for hydroxylation is 2. The van der Waals surface area contributed by atoms with Gasteiger partial charge in [0, 0.05) is 5.39 Å². The van der Waals surface area contributed by atoms with Crippen LogP contribution in [0.15, 0.2) is 12.4 Å². The Morgan fingerprint density at radius 3 is 2.57 bits per heavy atom. The summed E-state index contributed by atoms with van der Waals surface area (Å²) in [4.78, 5) is 13.1. The van der Waals surface area contributed by atoms with Crippen molar-refractivity contribution in [2.24, 2.45) is 0 Å². The zero-order valence-corrected chi connectivity index (χ0v) is 17.5. The third kappa shape index (κ3) is 2.83. The Morgan fingerprint density at radius 1 is 1.13 bits per heavy atom. The molecule has 5 heterocycles. The van der Waals surface area contributed by atoms with Gasteiger partial charge in [0.2, 0.25) is 0 Å². The Hall–Kier alpha value is -2.79. The van der Waals surface area contributed by atoms with Crippen LogP contribution in [0.4, 0.5) is 13.2 Å². The van der Waals surface area contributed by atoms with Crippen molar-refractivity contribution in [1.29, 1.82) is 0 Å². The van der Waals surface area contributed by atoms with E-state index in [2.05, 4.69) is 25.1 Å². The van der Waals surface area contributed by atoms with Crippen molar-refractivity contribution in [3.05, 3.63) is 45.9 Å². The normalized spacial score (nSPS) is 12.6. The molecule has 0 amide bonds. The molecule has 0 aliphatic carbocycles. The molecule has 7 nitrogen and oxygen atoms in total. The molecule has 0 N–H and O–H groups in total. The van der Waals surface area contributed by atoms with Gasteiger partial charge in [-0.15, -0.1) is 16.4 Å². The van der Waals surface area contributed by atoms with Gasteiger partial charge in [0.05, 0.1) is 21.9 Å². The summed E-state index contributed by atoms with van der Waals surface area (Å²) in [5.74, 6) is 0.490. The number of fused-ring (bicyclic) bond motifs is 5. The van der Waals surface area contributed by atoms with Crippen LogP contribution in [0, 0.1) is 20.8 Å². The van der Waals surface area contributed by atoms with Crippen molar-refractivity contribution in [2.75, 3.05) is 0 Å². The molecule has 5 aromatic heterocycles. The predicted molar refractivity (Wildman–Crippen MR) is 107 cm³/mol. The highest BCUT2D eigenvalue weighted by Crippen LogP contribution is 2.38. The van der Waals surface area contributed by atoms with Gasteiger partial charge in [-0.3, -0.25) is 4.68 Å². The van der Waals surface area contributed by atoms with Gasteiger partial charge in [-0.05, 0) is 32.4 Å². The molecule has 12 heteroatoms.